The number of amides is 2. The van der Waals surface area contributed by atoms with Gasteiger partial charge in [0.2, 0.25) is 0 Å². The summed E-state index contributed by atoms with van der Waals surface area (Å²) in [5, 5.41) is 2.29. The van der Waals surface area contributed by atoms with Gasteiger partial charge in [-0.25, -0.2) is 4.57 Å². The van der Waals surface area contributed by atoms with E-state index in [1.165, 1.54) is 11.3 Å². The molecule has 2 heterocycles. The number of carbonyl (C=O) groups excluding carboxylic acids is 3. The van der Waals surface area contributed by atoms with Crippen molar-refractivity contribution in [1.29, 1.82) is 0 Å². The second-order valence-electron chi connectivity index (χ2n) is 5.29. The summed E-state index contributed by atoms with van der Waals surface area (Å²) < 4.78 is 1.62. The molecule has 1 aliphatic heterocycles. The van der Waals surface area contributed by atoms with Crippen LogP contribution < -0.4 is 27.3 Å². The molecule has 0 saturated heterocycles. The number of ketones is 1. The molecule has 1 atom stereocenters. The van der Waals surface area contributed by atoms with Gasteiger partial charge in [-0.05, 0) is 18.6 Å². The van der Waals surface area contributed by atoms with Crippen LogP contribution in [-0.4, -0.2) is 28.5 Å². The fraction of sp³-hybridized carbons (Fsp3) is 0.250. The Kier molecular flexibility index (Phi) is 5.51. The number of nitrogens with zero attached hydrogens (tertiary/aromatic N) is 2. The second-order valence-corrected chi connectivity index (χ2v) is 6.21. The molecule has 0 bridgehead atoms. The molecule has 0 fully saturated rings. The van der Waals surface area contributed by atoms with Crippen molar-refractivity contribution >= 4 is 34.1 Å². The number of rotatable bonds is 5. The van der Waals surface area contributed by atoms with Crippen molar-refractivity contribution in [2.24, 2.45) is 0 Å². The number of carbonyl (C=O) groups is 3. The Morgan fingerprint density at radius 3 is 2.29 bits per heavy atom. The molecule has 8 heteroatoms. The number of halogens is 1. The Morgan fingerprint density at radius 1 is 1.25 bits per heavy atom. The molecule has 1 aliphatic rings. The molecule has 0 aliphatic carbocycles. The monoisotopic (exact) mass is 409 g/mol. The third-order valence-corrected chi connectivity index (χ3v) is 4.67. The van der Waals surface area contributed by atoms with Gasteiger partial charge in [-0.1, -0.05) is 30.4 Å². The van der Waals surface area contributed by atoms with Crippen LogP contribution in [0.3, 0.4) is 0 Å². The number of anilines is 1. The zero-order valence-corrected chi connectivity index (χ0v) is 15.3. The van der Waals surface area contributed by atoms with Gasteiger partial charge < -0.3 is 17.0 Å². The molecule has 126 valence electrons. The summed E-state index contributed by atoms with van der Waals surface area (Å²) in [6.45, 7) is 1.83. The smallest absolute Gasteiger partial charge is 0.331 e. The van der Waals surface area contributed by atoms with E-state index in [4.69, 9.17) is 5.73 Å². The minimum atomic E-state index is -0.783. The van der Waals surface area contributed by atoms with Crippen molar-refractivity contribution in [2.75, 3.05) is 5.73 Å². The highest BCUT2D eigenvalue weighted by molar-refractivity contribution is 7.12. The Bertz CT molecular complexity index is 770. The van der Waals surface area contributed by atoms with Crippen LogP contribution >= 0.6 is 11.3 Å². The minimum Gasteiger partial charge on any atom is -1.00 e. The average Bonchev–Trinajstić information content (AvgIpc) is 3.05. The fourth-order valence-corrected chi connectivity index (χ4v) is 3.37. The lowest BCUT2D eigenvalue weighted by Crippen LogP contribution is -3.00. The molecule has 1 aromatic heterocycles. The van der Waals surface area contributed by atoms with Gasteiger partial charge in [0.25, 0.3) is 11.8 Å². The van der Waals surface area contributed by atoms with Crippen LogP contribution in [0.1, 0.15) is 34.1 Å². The van der Waals surface area contributed by atoms with Crippen molar-refractivity contribution in [3.8, 4) is 0 Å². The third kappa shape index (κ3) is 2.99. The highest BCUT2D eigenvalue weighted by Crippen LogP contribution is 2.25. The molecular weight excluding hydrogens is 394 g/mol. The number of imide groups is 1. The van der Waals surface area contributed by atoms with Crippen molar-refractivity contribution < 1.29 is 35.9 Å². The van der Waals surface area contributed by atoms with E-state index in [0.29, 0.717) is 22.7 Å². The summed E-state index contributed by atoms with van der Waals surface area (Å²) in [5.41, 5.74) is 6.50. The first kappa shape index (κ1) is 18.3. The van der Waals surface area contributed by atoms with Crippen LogP contribution in [-0.2, 0) is 11.3 Å². The van der Waals surface area contributed by atoms with Crippen LogP contribution in [0.4, 0.5) is 5.13 Å². The lowest BCUT2D eigenvalue weighted by atomic mass is 10.1. The minimum absolute atomic E-state index is 0. The van der Waals surface area contributed by atoms with E-state index in [2.05, 4.69) is 0 Å². The maximum absolute atomic E-state index is 12.6. The van der Waals surface area contributed by atoms with Gasteiger partial charge in [-0.2, -0.15) is 0 Å². The van der Waals surface area contributed by atoms with Crippen LogP contribution in [0, 0.1) is 0 Å². The van der Waals surface area contributed by atoms with E-state index in [1.54, 1.807) is 47.3 Å². The van der Waals surface area contributed by atoms with Crippen molar-refractivity contribution in [1.82, 2.24) is 4.90 Å². The molecule has 2 amide bonds. The van der Waals surface area contributed by atoms with Gasteiger partial charge in [0.05, 0.1) is 11.1 Å². The maximum atomic E-state index is 12.6. The first-order valence-corrected chi connectivity index (χ1v) is 8.14. The molecule has 3 rings (SSSR count). The van der Waals surface area contributed by atoms with E-state index >= 15 is 0 Å². The second kappa shape index (κ2) is 7.23. The lowest BCUT2D eigenvalue weighted by molar-refractivity contribution is -0.665. The van der Waals surface area contributed by atoms with E-state index in [1.807, 2.05) is 0 Å². The number of hydrogen-bond donors (Lipinski definition) is 1. The third-order valence-electron chi connectivity index (χ3n) is 3.93. The molecule has 6 nitrogen and oxygen atoms in total. The topological polar surface area (TPSA) is 84.3 Å². The van der Waals surface area contributed by atoms with Crippen LogP contribution in [0.15, 0.2) is 35.8 Å². The predicted molar refractivity (Wildman–Crippen MR) is 85.0 cm³/mol. The maximum Gasteiger partial charge on any atom is 0.331 e. The largest absolute Gasteiger partial charge is 1.00 e. The molecular formula is C16H16BrN3O3S. The summed E-state index contributed by atoms with van der Waals surface area (Å²) in [4.78, 5) is 38.7. The number of fused-ring (bicyclic) bond motifs is 1. The van der Waals surface area contributed by atoms with Crippen LogP contribution in [0.5, 0.6) is 0 Å². The molecule has 1 unspecified atom stereocenters. The Morgan fingerprint density at radius 2 is 1.83 bits per heavy atom. The molecule has 0 saturated carbocycles. The van der Waals surface area contributed by atoms with E-state index in [9.17, 15) is 14.4 Å². The standard InChI is InChI=1S/C16H15N3O3S.BrH/c1-2-12(13(20)9-18-7-8-23-16(18)17)19-14(21)10-5-3-4-6-11(10)15(19)22;/h3-8,12,17H,2,9H2,1H3;1H. The lowest BCUT2D eigenvalue weighted by Gasteiger charge is -2.23. The number of aromatic nitrogens is 1. The van der Waals surface area contributed by atoms with Crippen molar-refractivity contribution in [3.63, 3.8) is 0 Å². The highest BCUT2D eigenvalue weighted by Gasteiger charge is 2.42. The zero-order valence-electron chi connectivity index (χ0n) is 12.9. The molecule has 2 N–H and O–H groups in total. The summed E-state index contributed by atoms with van der Waals surface area (Å²) in [5.74, 6) is -1.03. The number of thiazole rings is 1. The van der Waals surface area contributed by atoms with Gasteiger partial charge in [-0.15, -0.1) is 0 Å². The fourth-order valence-electron chi connectivity index (χ4n) is 2.76. The van der Waals surface area contributed by atoms with Gasteiger partial charge in [0, 0.05) is 5.38 Å². The van der Waals surface area contributed by atoms with Gasteiger partial charge >= 0.3 is 5.13 Å². The van der Waals surface area contributed by atoms with Crippen molar-refractivity contribution in [2.45, 2.75) is 25.9 Å². The Labute approximate surface area is 153 Å². The number of benzene rings is 1. The number of nitrogens with two attached hydrogens (primary N) is 1. The molecule has 0 radical (unpaired) electrons. The number of Topliss-reactive ketones (excluding diaryl/α,β-unsaturated/α-hetero) is 1. The van der Waals surface area contributed by atoms with E-state index in [-0.39, 0.29) is 29.3 Å². The SMILES string of the molecule is CCC(C(=O)C[n+]1ccsc1N)N1C(=O)c2ccccc2C1=O.[Br-]. The Balaban J connectivity index is 0.00000208. The normalized spacial score (nSPS) is 14.3. The van der Waals surface area contributed by atoms with Gasteiger partial charge in [-0.3, -0.25) is 25.0 Å². The van der Waals surface area contributed by atoms with Gasteiger partial charge in [0.15, 0.2) is 12.3 Å². The zero-order chi connectivity index (χ0) is 16.6. The first-order valence-electron chi connectivity index (χ1n) is 7.26. The summed E-state index contributed by atoms with van der Waals surface area (Å²) >= 11 is 1.33. The van der Waals surface area contributed by atoms with Crippen LogP contribution in [0.2, 0.25) is 0 Å². The summed E-state index contributed by atoms with van der Waals surface area (Å²) in [7, 11) is 0. The average molecular weight is 410 g/mol. The van der Waals surface area contributed by atoms with Gasteiger partial charge in [0.1, 0.15) is 12.2 Å². The molecule has 0 spiro atoms. The molecule has 2 aromatic rings. The summed E-state index contributed by atoms with van der Waals surface area (Å²) in [6, 6.07) is 5.85. The quantitative estimate of drug-likeness (QED) is 0.469. The highest BCUT2D eigenvalue weighted by atomic mass is 79.9. The predicted octanol–water partition coefficient (Wildman–Crippen LogP) is -1.73. The van der Waals surface area contributed by atoms with E-state index < -0.39 is 17.9 Å². The number of hydrogen-bond acceptors (Lipinski definition) is 5. The molecule has 24 heavy (non-hydrogen) atoms. The Hall–Kier alpha value is -2.06. The van der Waals surface area contributed by atoms with E-state index in [0.717, 1.165) is 4.90 Å². The first-order chi connectivity index (χ1) is 11.0. The number of nitrogen functional groups attached to an aromatic ring is 1. The summed E-state index contributed by atoms with van der Waals surface area (Å²) in [6.07, 6.45) is 2.09. The van der Waals surface area contributed by atoms with Crippen LogP contribution in [0.25, 0.3) is 0 Å². The molecule has 1 aromatic carbocycles. The van der Waals surface area contributed by atoms with Crippen molar-refractivity contribution in [3.05, 3.63) is 47.0 Å².